The van der Waals surface area contributed by atoms with Crippen LogP contribution in [0.3, 0.4) is 0 Å². The summed E-state index contributed by atoms with van der Waals surface area (Å²) >= 11 is 0. The number of nitrogens with zero attached hydrogens (tertiary/aromatic N) is 1. The average molecular weight is 235 g/mol. The van der Waals surface area contributed by atoms with Gasteiger partial charge in [0.2, 0.25) is 18.3 Å². The van der Waals surface area contributed by atoms with Crippen molar-refractivity contribution < 1.29 is 23.7 Å². The zero-order chi connectivity index (χ0) is 12.4. The van der Waals surface area contributed by atoms with Crippen molar-refractivity contribution in [1.29, 1.82) is 5.26 Å². The lowest BCUT2D eigenvalue weighted by Crippen LogP contribution is -2.04. The van der Waals surface area contributed by atoms with Crippen molar-refractivity contribution in [2.75, 3.05) is 13.9 Å². The van der Waals surface area contributed by atoms with Gasteiger partial charge in [-0.25, -0.2) is 0 Å². The fraction of sp³-hybridized carbons (Fsp3) is 0.273. The molecule has 0 aromatic heterocycles. The number of esters is 1. The molecule has 1 aliphatic heterocycles. The van der Waals surface area contributed by atoms with Crippen LogP contribution < -0.4 is 18.9 Å². The predicted octanol–water partition coefficient (Wildman–Crippen LogP) is 1.22. The van der Waals surface area contributed by atoms with Crippen LogP contribution in [0.15, 0.2) is 6.07 Å². The number of benzene rings is 1. The lowest BCUT2D eigenvalue weighted by molar-refractivity contribution is -0.132. The summed E-state index contributed by atoms with van der Waals surface area (Å²) in [5.74, 6) is 0.446. The smallest absolute Gasteiger partial charge is 0.308 e. The topological polar surface area (TPSA) is 77.8 Å². The first kappa shape index (κ1) is 11.1. The third-order valence-corrected chi connectivity index (χ3v) is 2.15. The van der Waals surface area contributed by atoms with Crippen LogP contribution in [0.1, 0.15) is 12.5 Å². The van der Waals surface area contributed by atoms with Crippen LogP contribution in [0.25, 0.3) is 0 Å². The van der Waals surface area contributed by atoms with Gasteiger partial charge >= 0.3 is 5.97 Å². The van der Waals surface area contributed by atoms with E-state index in [2.05, 4.69) is 0 Å². The predicted molar refractivity (Wildman–Crippen MR) is 55.1 cm³/mol. The Labute approximate surface area is 97.3 Å². The van der Waals surface area contributed by atoms with Crippen LogP contribution in [0, 0.1) is 11.3 Å². The Bertz CT molecular complexity index is 518. The highest BCUT2D eigenvalue weighted by Gasteiger charge is 2.28. The van der Waals surface area contributed by atoms with Crippen molar-refractivity contribution in [3.63, 3.8) is 0 Å². The molecule has 0 aliphatic carbocycles. The highest BCUT2D eigenvalue weighted by atomic mass is 16.7. The molecule has 0 amide bonds. The van der Waals surface area contributed by atoms with Crippen LogP contribution in [0.5, 0.6) is 23.0 Å². The zero-order valence-electron chi connectivity index (χ0n) is 9.27. The molecule has 1 aromatic rings. The number of carbonyl (C=O) groups excluding carboxylic acids is 1. The lowest BCUT2D eigenvalue weighted by atomic mass is 10.1. The zero-order valence-corrected chi connectivity index (χ0v) is 9.27. The molecular weight excluding hydrogens is 226 g/mol. The highest BCUT2D eigenvalue weighted by Crippen LogP contribution is 2.49. The van der Waals surface area contributed by atoms with Gasteiger partial charge in [0.25, 0.3) is 0 Å². The molecule has 0 unspecified atom stereocenters. The summed E-state index contributed by atoms with van der Waals surface area (Å²) in [5, 5.41) is 8.99. The van der Waals surface area contributed by atoms with E-state index >= 15 is 0 Å². The minimum Gasteiger partial charge on any atom is -0.493 e. The number of methoxy groups -OCH3 is 1. The summed E-state index contributed by atoms with van der Waals surface area (Å²) in [5.41, 5.74) is 0.154. The van der Waals surface area contributed by atoms with Crippen LogP contribution in [-0.2, 0) is 4.79 Å². The molecule has 6 heteroatoms. The van der Waals surface area contributed by atoms with Crippen molar-refractivity contribution >= 4 is 5.97 Å². The molecule has 6 nitrogen and oxygen atoms in total. The Morgan fingerprint density at radius 1 is 1.47 bits per heavy atom. The summed E-state index contributed by atoms with van der Waals surface area (Å²) in [6.45, 7) is 1.24. The second-order valence-corrected chi connectivity index (χ2v) is 3.23. The first-order valence-electron chi connectivity index (χ1n) is 4.76. The van der Waals surface area contributed by atoms with E-state index in [0.29, 0.717) is 11.5 Å². The molecule has 88 valence electrons. The van der Waals surface area contributed by atoms with Gasteiger partial charge in [0.1, 0.15) is 11.6 Å². The van der Waals surface area contributed by atoms with Gasteiger partial charge in [0.15, 0.2) is 11.5 Å². The van der Waals surface area contributed by atoms with Crippen molar-refractivity contribution in [2.24, 2.45) is 0 Å². The molecule has 2 rings (SSSR count). The summed E-state index contributed by atoms with van der Waals surface area (Å²) in [6, 6.07) is 3.35. The van der Waals surface area contributed by atoms with E-state index in [1.54, 1.807) is 0 Å². The summed E-state index contributed by atoms with van der Waals surface area (Å²) in [7, 11) is 1.45. The Kier molecular flexibility index (Phi) is 2.75. The normalized spacial score (nSPS) is 11.8. The number of nitriles is 1. The molecule has 0 atom stereocenters. The summed E-state index contributed by atoms with van der Waals surface area (Å²) < 4.78 is 20.4. The van der Waals surface area contributed by atoms with Gasteiger partial charge in [-0.2, -0.15) is 5.26 Å². The molecule has 0 N–H and O–H groups in total. The Morgan fingerprint density at radius 2 is 2.18 bits per heavy atom. The fourth-order valence-electron chi connectivity index (χ4n) is 1.49. The SMILES string of the molecule is COc1cc(C#N)c(OC(C)=O)c2c1OCO2. The molecule has 0 fully saturated rings. The molecule has 17 heavy (non-hydrogen) atoms. The highest BCUT2D eigenvalue weighted by molar-refractivity contribution is 5.75. The van der Waals surface area contributed by atoms with E-state index in [9.17, 15) is 4.79 Å². The van der Waals surface area contributed by atoms with Crippen LogP contribution >= 0.6 is 0 Å². The van der Waals surface area contributed by atoms with Gasteiger partial charge < -0.3 is 18.9 Å². The minimum absolute atomic E-state index is 0.00512. The Morgan fingerprint density at radius 3 is 2.76 bits per heavy atom. The van der Waals surface area contributed by atoms with Gasteiger partial charge in [0, 0.05) is 13.0 Å². The quantitative estimate of drug-likeness (QED) is 0.566. The van der Waals surface area contributed by atoms with Crippen molar-refractivity contribution in [3.05, 3.63) is 11.6 Å². The maximum absolute atomic E-state index is 11.0. The molecule has 0 radical (unpaired) electrons. The van der Waals surface area contributed by atoms with Crippen molar-refractivity contribution in [2.45, 2.75) is 6.92 Å². The first-order valence-corrected chi connectivity index (χ1v) is 4.76. The summed E-state index contributed by atoms with van der Waals surface area (Å²) in [4.78, 5) is 11.0. The Hall–Kier alpha value is -2.42. The molecule has 0 saturated heterocycles. The van der Waals surface area contributed by atoms with Gasteiger partial charge in [0.05, 0.1) is 7.11 Å². The average Bonchev–Trinajstić information content (AvgIpc) is 2.78. The first-order chi connectivity index (χ1) is 8.17. The molecule has 0 spiro atoms. The largest absolute Gasteiger partial charge is 0.493 e. The second-order valence-electron chi connectivity index (χ2n) is 3.23. The molecule has 0 bridgehead atoms. The standard InChI is InChI=1S/C11H9NO5/c1-6(13)17-9-7(4-12)3-8(14-2)10-11(9)16-5-15-10/h3H,5H2,1-2H3. The van der Waals surface area contributed by atoms with Crippen LogP contribution in [0.4, 0.5) is 0 Å². The number of fused-ring (bicyclic) bond motifs is 1. The molecule has 1 heterocycles. The molecular formula is C11H9NO5. The van der Waals surface area contributed by atoms with Crippen LogP contribution in [-0.4, -0.2) is 19.9 Å². The van der Waals surface area contributed by atoms with E-state index in [4.69, 9.17) is 24.2 Å². The maximum atomic E-state index is 11.0. The maximum Gasteiger partial charge on any atom is 0.308 e. The van der Waals surface area contributed by atoms with Crippen molar-refractivity contribution in [1.82, 2.24) is 0 Å². The fourth-order valence-corrected chi connectivity index (χ4v) is 1.49. The second kappa shape index (κ2) is 4.22. The third-order valence-electron chi connectivity index (χ3n) is 2.15. The monoisotopic (exact) mass is 235 g/mol. The van der Waals surface area contributed by atoms with E-state index in [0.717, 1.165) is 0 Å². The van der Waals surface area contributed by atoms with Crippen molar-refractivity contribution in [3.8, 4) is 29.1 Å². The number of hydrogen-bond donors (Lipinski definition) is 0. The van der Waals surface area contributed by atoms with Gasteiger partial charge in [-0.15, -0.1) is 0 Å². The third kappa shape index (κ3) is 1.83. The lowest BCUT2D eigenvalue weighted by Gasteiger charge is -2.10. The van der Waals surface area contributed by atoms with E-state index in [1.807, 2.05) is 6.07 Å². The number of ether oxygens (including phenoxy) is 4. The van der Waals surface area contributed by atoms with Gasteiger partial charge in [-0.05, 0) is 0 Å². The van der Waals surface area contributed by atoms with Crippen LogP contribution in [0.2, 0.25) is 0 Å². The van der Waals surface area contributed by atoms with E-state index < -0.39 is 5.97 Å². The van der Waals surface area contributed by atoms with E-state index in [1.165, 1.54) is 20.1 Å². The van der Waals surface area contributed by atoms with Gasteiger partial charge in [-0.1, -0.05) is 0 Å². The van der Waals surface area contributed by atoms with Gasteiger partial charge in [-0.3, -0.25) is 4.79 Å². The van der Waals surface area contributed by atoms with E-state index in [-0.39, 0.29) is 23.9 Å². The minimum atomic E-state index is -0.538. The molecule has 1 aliphatic rings. The molecule has 1 aromatic carbocycles. The number of hydrogen-bond acceptors (Lipinski definition) is 6. The number of carbonyl (C=O) groups is 1. The summed E-state index contributed by atoms with van der Waals surface area (Å²) in [6.07, 6.45) is 0. The Balaban J connectivity index is 2.61. The number of rotatable bonds is 2. The molecule has 0 saturated carbocycles.